The van der Waals surface area contributed by atoms with E-state index in [9.17, 15) is 18.0 Å². The summed E-state index contributed by atoms with van der Waals surface area (Å²) < 4.78 is 56.8. The van der Waals surface area contributed by atoms with Gasteiger partial charge in [-0.25, -0.2) is 14.5 Å². The van der Waals surface area contributed by atoms with Crippen molar-refractivity contribution in [2.75, 3.05) is 0 Å². The highest BCUT2D eigenvalue weighted by molar-refractivity contribution is 14.1. The van der Waals surface area contributed by atoms with Gasteiger partial charge in [0.2, 0.25) is 10.7 Å². The fraction of sp³-hybridized carbons (Fsp3) is 0.0500. The molecular formula is C20H8F3IN4O4S2. The Balaban J connectivity index is 1.55. The third-order valence-electron chi connectivity index (χ3n) is 4.55. The summed E-state index contributed by atoms with van der Waals surface area (Å²) >= 11 is 8.05. The first-order valence-electron chi connectivity index (χ1n) is 9.19. The minimum atomic E-state index is -4.54. The van der Waals surface area contributed by atoms with Crippen molar-refractivity contribution in [3.8, 4) is 22.4 Å². The van der Waals surface area contributed by atoms with Crippen LogP contribution in [0.5, 0.6) is 17.2 Å². The second-order valence-corrected chi connectivity index (χ2v) is 8.51. The molecule has 8 nitrogen and oxygen atoms in total. The van der Waals surface area contributed by atoms with E-state index in [0.717, 1.165) is 22.0 Å². The molecule has 0 fully saturated rings. The molecule has 172 valence electrons. The number of hydrogen-bond acceptors (Lipinski definition) is 9. The molecule has 1 aromatic carbocycles. The maximum Gasteiger partial charge on any atom is 0.418 e. The number of aromatic nitrogens is 4. The summed E-state index contributed by atoms with van der Waals surface area (Å²) in [5.41, 5.74) is -0.800. The number of rotatable bonds is 4. The van der Waals surface area contributed by atoms with E-state index in [-0.39, 0.29) is 32.6 Å². The Hall–Kier alpha value is -3.11. The van der Waals surface area contributed by atoms with Gasteiger partial charge >= 0.3 is 6.18 Å². The van der Waals surface area contributed by atoms with E-state index in [0.29, 0.717) is 22.2 Å². The lowest BCUT2D eigenvalue weighted by atomic mass is 10.2. The summed E-state index contributed by atoms with van der Waals surface area (Å²) in [5, 5.41) is 0.233. The van der Waals surface area contributed by atoms with Gasteiger partial charge in [-0.15, -0.1) is 0 Å². The van der Waals surface area contributed by atoms with Crippen molar-refractivity contribution in [2.45, 2.75) is 6.18 Å². The van der Waals surface area contributed by atoms with Gasteiger partial charge in [0.05, 0.1) is 22.0 Å². The molecule has 0 radical (unpaired) electrons. The van der Waals surface area contributed by atoms with Gasteiger partial charge in [-0.2, -0.15) is 13.2 Å². The highest BCUT2D eigenvalue weighted by Crippen LogP contribution is 2.34. The average Bonchev–Trinajstić information content (AvgIpc) is 3.21. The molecule has 0 aliphatic carbocycles. The van der Waals surface area contributed by atoms with Crippen molar-refractivity contribution in [2.24, 2.45) is 0 Å². The van der Waals surface area contributed by atoms with Crippen molar-refractivity contribution < 1.29 is 25.4 Å². The fourth-order valence-electron chi connectivity index (χ4n) is 3.05. The summed E-state index contributed by atoms with van der Waals surface area (Å²) in [7, 11) is 0. The average molecular weight is 616 g/mol. The molecule has 34 heavy (non-hydrogen) atoms. The third-order valence-corrected chi connectivity index (χ3v) is 6.29. The molecule has 14 heteroatoms. The van der Waals surface area contributed by atoms with Gasteiger partial charge in [-0.1, -0.05) is 11.3 Å². The number of halogens is 4. The minimum absolute atomic E-state index is 0.0168. The Labute approximate surface area is 210 Å². The molecule has 0 aliphatic heterocycles. The summed E-state index contributed by atoms with van der Waals surface area (Å²) in [6, 6.07) is 7.13. The van der Waals surface area contributed by atoms with Crippen LogP contribution in [-0.4, -0.2) is 19.5 Å². The molecule has 5 aromatic rings. The number of ether oxygens (including phenoxy) is 1. The highest BCUT2D eigenvalue weighted by atomic mass is 127. The van der Waals surface area contributed by atoms with Gasteiger partial charge in [-0.3, -0.25) is 9.78 Å². The van der Waals surface area contributed by atoms with E-state index < -0.39 is 17.3 Å². The Morgan fingerprint density at radius 2 is 1.97 bits per heavy atom. The van der Waals surface area contributed by atoms with E-state index in [2.05, 4.69) is 15.0 Å². The molecule has 0 amide bonds. The normalized spacial score (nSPS) is 11.8. The lowest BCUT2D eigenvalue weighted by Gasteiger charge is -2.09. The Bertz CT molecular complexity index is 1680. The van der Waals surface area contributed by atoms with Crippen molar-refractivity contribution in [3.05, 3.63) is 69.7 Å². The zero-order valence-corrected chi connectivity index (χ0v) is 20.2. The molecule has 0 N–H and O–H groups in total. The van der Waals surface area contributed by atoms with E-state index in [1.54, 1.807) is 41.2 Å². The summed E-state index contributed by atoms with van der Waals surface area (Å²) in [6.07, 6.45) is -1.24. The summed E-state index contributed by atoms with van der Waals surface area (Å²) in [6.45, 7) is 0. The monoisotopic (exact) mass is 616 g/mol. The van der Waals surface area contributed by atoms with E-state index >= 15 is 0 Å². The predicted molar refractivity (Wildman–Crippen MR) is 128 cm³/mol. The number of benzene rings is 1. The van der Waals surface area contributed by atoms with Gasteiger partial charge in [0, 0.05) is 24.5 Å². The molecule has 0 spiro atoms. The van der Waals surface area contributed by atoms with Crippen molar-refractivity contribution in [1.82, 2.24) is 19.5 Å². The Morgan fingerprint density at radius 3 is 2.74 bits per heavy atom. The molecule has 0 saturated heterocycles. The number of hydrogen-bond donors (Lipinski definition) is 0. The molecule has 4 heterocycles. The maximum absolute atomic E-state index is 13.1. The van der Waals surface area contributed by atoms with Gasteiger partial charge in [0.15, 0.2) is 34.3 Å². The molecule has 0 aliphatic rings. The van der Waals surface area contributed by atoms with Gasteiger partial charge < -0.3 is 12.2 Å². The van der Waals surface area contributed by atoms with Crippen LogP contribution in [0.15, 0.2) is 58.1 Å². The summed E-state index contributed by atoms with van der Waals surface area (Å²) in [5.74, 6) is 0.496. The zero-order valence-electron chi connectivity index (χ0n) is 16.4. The number of alkyl halides is 3. The van der Waals surface area contributed by atoms with Crippen LogP contribution in [-0.2, 0) is 6.18 Å². The van der Waals surface area contributed by atoms with Crippen molar-refractivity contribution >= 4 is 67.9 Å². The third kappa shape index (κ3) is 4.12. The molecule has 0 bridgehead atoms. The molecule has 0 atom stereocenters. The van der Waals surface area contributed by atoms with Crippen molar-refractivity contribution in [1.29, 1.82) is 0 Å². The number of pyridine rings is 2. The number of nitrogens with zero attached hydrogens (tertiary/aromatic N) is 4. The fourth-order valence-corrected chi connectivity index (χ4v) is 4.70. The first-order chi connectivity index (χ1) is 16.2. The predicted octanol–water partition coefficient (Wildman–Crippen LogP) is 6.25. The zero-order chi connectivity index (χ0) is 24.0. The van der Waals surface area contributed by atoms with Crippen LogP contribution in [0.25, 0.3) is 26.4 Å². The lowest BCUT2D eigenvalue weighted by Crippen LogP contribution is -2.19. The van der Waals surface area contributed by atoms with E-state index in [1.165, 1.54) is 18.5 Å². The van der Waals surface area contributed by atoms with Gasteiger partial charge in [-0.05, 0) is 30.4 Å². The highest BCUT2D eigenvalue weighted by Gasteiger charge is 2.31. The first kappa shape index (κ1) is 22.7. The van der Waals surface area contributed by atoms with E-state index in [4.69, 9.17) is 24.4 Å². The maximum atomic E-state index is 13.1. The first-order valence-corrected chi connectivity index (χ1v) is 11.3. The SMILES string of the molecule is O=c1c2nccc(OI)c2oc(=S)n1-c1nc2ccc(Oc3cncc(C(F)(F)F)c3)cc2s1. The Morgan fingerprint density at radius 1 is 1.15 bits per heavy atom. The topological polar surface area (TPSA) is 92.3 Å². The van der Waals surface area contributed by atoms with Crippen LogP contribution >= 0.6 is 46.6 Å². The lowest BCUT2D eigenvalue weighted by molar-refractivity contribution is -0.137. The van der Waals surface area contributed by atoms with Crippen LogP contribution in [0.4, 0.5) is 13.2 Å². The van der Waals surface area contributed by atoms with Gasteiger partial charge in [0.1, 0.15) is 11.5 Å². The minimum Gasteiger partial charge on any atom is -0.456 e. The van der Waals surface area contributed by atoms with Crippen LogP contribution in [0.2, 0.25) is 0 Å². The number of fused-ring (bicyclic) bond motifs is 2. The smallest absolute Gasteiger partial charge is 0.418 e. The Kier molecular flexibility index (Phi) is 5.73. The molecular weight excluding hydrogens is 608 g/mol. The van der Waals surface area contributed by atoms with Crippen molar-refractivity contribution in [3.63, 3.8) is 0 Å². The molecule has 5 rings (SSSR count). The van der Waals surface area contributed by atoms with Crippen LogP contribution in [0.1, 0.15) is 5.56 Å². The quantitative estimate of drug-likeness (QED) is 0.173. The second-order valence-electron chi connectivity index (χ2n) is 6.71. The molecule has 0 saturated carbocycles. The van der Waals surface area contributed by atoms with Crippen LogP contribution in [0, 0.1) is 4.84 Å². The largest absolute Gasteiger partial charge is 0.456 e. The second kappa shape index (κ2) is 8.59. The summed E-state index contributed by atoms with van der Waals surface area (Å²) in [4.78, 5) is 25.0. The standard InChI is InChI=1S/C20H8F3IN4O4S2/c21-20(22,23)9-5-11(8-25-7-9)30-10-1-2-12-14(6-10)34-18(27-12)28-17(29)15-16(31-19(28)33)13(32-24)3-4-26-15/h1-8H. The van der Waals surface area contributed by atoms with Crippen LogP contribution in [0.3, 0.4) is 0 Å². The molecule has 4 aromatic heterocycles. The van der Waals surface area contributed by atoms with Gasteiger partial charge in [0.25, 0.3) is 10.4 Å². The number of thiazole rings is 1. The molecule has 0 unspecified atom stereocenters. The van der Waals surface area contributed by atoms with Crippen LogP contribution < -0.4 is 13.4 Å². The van der Waals surface area contributed by atoms with E-state index in [1.807, 2.05) is 0 Å².